The number of methoxy groups -OCH3 is 1. The van der Waals surface area contributed by atoms with Gasteiger partial charge in [-0.15, -0.1) is 0 Å². The number of nitrogens with one attached hydrogen (secondary N) is 1. The van der Waals surface area contributed by atoms with E-state index < -0.39 is 0 Å². The Kier molecular flexibility index (Phi) is 4.93. The maximum absolute atomic E-state index is 13.8. The molecule has 0 aromatic heterocycles. The molecule has 0 spiro atoms. The minimum atomic E-state index is -0.356. The largest absolute Gasteiger partial charge is 0.508 e. The Bertz CT molecular complexity index is 771. The summed E-state index contributed by atoms with van der Waals surface area (Å²) in [4.78, 5) is 12.4. The van der Waals surface area contributed by atoms with E-state index in [9.17, 15) is 14.3 Å². The molecule has 0 radical (unpaired) electrons. The summed E-state index contributed by atoms with van der Waals surface area (Å²) in [6.07, 6.45) is 1.59. The number of benzene rings is 2. The van der Waals surface area contributed by atoms with Gasteiger partial charge in [-0.05, 0) is 61.1 Å². The van der Waals surface area contributed by atoms with Crippen molar-refractivity contribution in [1.29, 1.82) is 0 Å². The summed E-state index contributed by atoms with van der Waals surface area (Å²) >= 11 is 0. The molecule has 0 heterocycles. The molecule has 3 rings (SSSR count). The Hall–Kier alpha value is -2.56. The van der Waals surface area contributed by atoms with Crippen molar-refractivity contribution in [2.75, 3.05) is 7.11 Å². The second kappa shape index (κ2) is 7.13. The second-order valence-electron chi connectivity index (χ2n) is 6.58. The average molecular weight is 343 g/mol. The summed E-state index contributed by atoms with van der Waals surface area (Å²) in [5.74, 6) is -0.0958. The van der Waals surface area contributed by atoms with Crippen molar-refractivity contribution in [2.45, 2.75) is 37.6 Å². The van der Waals surface area contributed by atoms with Crippen LogP contribution in [0.1, 0.15) is 42.7 Å². The van der Waals surface area contributed by atoms with Crippen LogP contribution in [0.5, 0.6) is 11.5 Å². The first-order valence-electron chi connectivity index (χ1n) is 8.40. The highest BCUT2D eigenvalue weighted by molar-refractivity contribution is 5.83. The molecule has 5 heteroatoms. The quantitative estimate of drug-likeness (QED) is 0.870. The van der Waals surface area contributed by atoms with Crippen molar-refractivity contribution < 1.29 is 19.0 Å². The van der Waals surface area contributed by atoms with Crippen molar-refractivity contribution in [1.82, 2.24) is 5.32 Å². The number of amides is 1. The van der Waals surface area contributed by atoms with Gasteiger partial charge < -0.3 is 15.2 Å². The Balaban J connectivity index is 1.54. The maximum Gasteiger partial charge on any atom is 0.227 e. The standard InChI is InChI=1S/C20H22FNO3/c1-12(13-4-3-5-17(23)10-13)20(24)22-16-8-15(9-16)14-6-7-19(25-2)18(21)11-14/h3-7,10-12,15-16,23H,8-9H2,1-2H3,(H,22,24). The molecule has 1 aliphatic rings. The lowest BCUT2D eigenvalue weighted by molar-refractivity contribution is -0.123. The van der Waals surface area contributed by atoms with E-state index in [1.165, 1.54) is 13.2 Å². The van der Waals surface area contributed by atoms with E-state index in [0.717, 1.165) is 24.0 Å². The molecule has 1 amide bonds. The minimum absolute atomic E-state index is 0.0602. The fraction of sp³-hybridized carbons (Fsp3) is 0.350. The molecule has 1 saturated carbocycles. The number of hydrogen-bond acceptors (Lipinski definition) is 3. The first kappa shape index (κ1) is 17.3. The van der Waals surface area contributed by atoms with Gasteiger partial charge in [0.15, 0.2) is 11.6 Å². The highest BCUT2D eigenvalue weighted by Gasteiger charge is 2.32. The molecular formula is C20H22FNO3. The second-order valence-corrected chi connectivity index (χ2v) is 6.58. The van der Waals surface area contributed by atoms with Crippen molar-refractivity contribution in [3.8, 4) is 11.5 Å². The van der Waals surface area contributed by atoms with Gasteiger partial charge in [0.05, 0.1) is 13.0 Å². The molecule has 2 aromatic carbocycles. The predicted octanol–water partition coefficient (Wildman–Crippen LogP) is 3.71. The molecule has 2 N–H and O–H groups in total. The highest BCUT2D eigenvalue weighted by atomic mass is 19.1. The molecule has 0 aliphatic heterocycles. The number of ether oxygens (including phenoxy) is 1. The van der Waals surface area contributed by atoms with Crippen LogP contribution in [0.4, 0.5) is 4.39 Å². The summed E-state index contributed by atoms with van der Waals surface area (Å²) in [7, 11) is 1.45. The van der Waals surface area contributed by atoms with Crippen molar-refractivity contribution in [3.63, 3.8) is 0 Å². The van der Waals surface area contributed by atoms with Crippen LogP contribution in [0, 0.1) is 5.82 Å². The Morgan fingerprint density at radius 1 is 1.28 bits per heavy atom. The van der Waals surface area contributed by atoms with E-state index in [1.807, 2.05) is 19.1 Å². The zero-order chi connectivity index (χ0) is 18.0. The summed E-state index contributed by atoms with van der Waals surface area (Å²) in [6.45, 7) is 1.82. The van der Waals surface area contributed by atoms with Gasteiger partial charge in [-0.2, -0.15) is 0 Å². The van der Waals surface area contributed by atoms with E-state index in [-0.39, 0.29) is 41.1 Å². The van der Waals surface area contributed by atoms with Crippen LogP contribution in [0.2, 0.25) is 0 Å². The zero-order valence-electron chi connectivity index (χ0n) is 14.3. The predicted molar refractivity (Wildman–Crippen MR) is 93.4 cm³/mol. The number of phenols is 1. The number of carbonyl (C=O) groups excluding carboxylic acids is 1. The number of carbonyl (C=O) groups is 1. The summed E-state index contributed by atoms with van der Waals surface area (Å²) in [5, 5.41) is 12.6. The van der Waals surface area contributed by atoms with Gasteiger partial charge in [0.25, 0.3) is 0 Å². The molecule has 25 heavy (non-hydrogen) atoms. The van der Waals surface area contributed by atoms with Crippen LogP contribution < -0.4 is 10.1 Å². The topological polar surface area (TPSA) is 58.6 Å². The highest BCUT2D eigenvalue weighted by Crippen LogP contribution is 2.38. The van der Waals surface area contributed by atoms with E-state index in [0.29, 0.717) is 0 Å². The van der Waals surface area contributed by atoms with Gasteiger partial charge in [-0.1, -0.05) is 18.2 Å². The maximum atomic E-state index is 13.8. The molecule has 132 valence electrons. The van der Waals surface area contributed by atoms with Gasteiger partial charge >= 0.3 is 0 Å². The molecule has 0 bridgehead atoms. The summed E-state index contributed by atoms with van der Waals surface area (Å²) < 4.78 is 18.7. The van der Waals surface area contributed by atoms with E-state index in [2.05, 4.69) is 5.32 Å². The lowest BCUT2D eigenvalue weighted by Crippen LogP contribution is -2.44. The van der Waals surface area contributed by atoms with E-state index >= 15 is 0 Å². The lowest BCUT2D eigenvalue weighted by Gasteiger charge is -2.37. The number of hydrogen-bond donors (Lipinski definition) is 2. The molecule has 1 fully saturated rings. The SMILES string of the molecule is COc1ccc(C2CC(NC(=O)C(C)c3cccc(O)c3)C2)cc1F. The normalized spacial score (nSPS) is 20.4. The van der Waals surface area contributed by atoms with Gasteiger partial charge in [0, 0.05) is 6.04 Å². The molecule has 1 unspecified atom stereocenters. The third-order valence-corrected chi connectivity index (χ3v) is 4.90. The molecule has 0 saturated heterocycles. The van der Waals surface area contributed by atoms with Crippen LogP contribution in [0.3, 0.4) is 0 Å². The molecule has 4 nitrogen and oxygen atoms in total. The monoisotopic (exact) mass is 343 g/mol. The van der Waals surface area contributed by atoms with Gasteiger partial charge in [0.2, 0.25) is 5.91 Å². The van der Waals surface area contributed by atoms with E-state index in [4.69, 9.17) is 4.74 Å². The Morgan fingerprint density at radius 2 is 2.04 bits per heavy atom. The molecule has 1 aliphatic carbocycles. The number of aromatic hydroxyl groups is 1. The van der Waals surface area contributed by atoms with Crippen molar-refractivity contribution in [3.05, 3.63) is 59.4 Å². The van der Waals surface area contributed by atoms with Gasteiger partial charge in [-0.3, -0.25) is 4.79 Å². The minimum Gasteiger partial charge on any atom is -0.508 e. The van der Waals surface area contributed by atoms with Gasteiger partial charge in [-0.25, -0.2) is 4.39 Å². The van der Waals surface area contributed by atoms with Crippen LogP contribution in [0.25, 0.3) is 0 Å². The third-order valence-electron chi connectivity index (χ3n) is 4.90. The van der Waals surface area contributed by atoms with E-state index in [1.54, 1.807) is 24.3 Å². The first-order valence-corrected chi connectivity index (χ1v) is 8.40. The fourth-order valence-corrected chi connectivity index (χ4v) is 3.22. The number of halogens is 1. The van der Waals surface area contributed by atoms with Crippen LogP contribution >= 0.6 is 0 Å². The summed E-state index contributed by atoms with van der Waals surface area (Å²) in [5.41, 5.74) is 1.72. The van der Waals surface area contributed by atoms with Crippen molar-refractivity contribution >= 4 is 5.91 Å². The van der Waals surface area contributed by atoms with Crippen LogP contribution in [0.15, 0.2) is 42.5 Å². The van der Waals surface area contributed by atoms with Crippen LogP contribution in [-0.2, 0) is 4.79 Å². The Labute approximate surface area is 146 Å². The number of rotatable bonds is 5. The van der Waals surface area contributed by atoms with Crippen molar-refractivity contribution in [2.24, 2.45) is 0 Å². The van der Waals surface area contributed by atoms with Crippen LogP contribution in [-0.4, -0.2) is 24.2 Å². The summed E-state index contributed by atoms with van der Waals surface area (Å²) in [6, 6.07) is 11.9. The molecule has 1 atom stereocenters. The first-order chi connectivity index (χ1) is 12.0. The smallest absolute Gasteiger partial charge is 0.227 e. The number of phenolic OH excluding ortho intramolecular Hbond substituents is 1. The van der Waals surface area contributed by atoms with Gasteiger partial charge in [0.1, 0.15) is 5.75 Å². The zero-order valence-corrected chi connectivity index (χ0v) is 14.3. The Morgan fingerprint density at radius 3 is 2.68 bits per heavy atom. The third kappa shape index (κ3) is 3.76. The average Bonchev–Trinajstić information content (AvgIpc) is 2.56. The molecule has 2 aromatic rings. The fourth-order valence-electron chi connectivity index (χ4n) is 3.22. The lowest BCUT2D eigenvalue weighted by atomic mass is 9.75. The molecular weight excluding hydrogens is 321 g/mol.